The van der Waals surface area contributed by atoms with E-state index in [1.54, 1.807) is 11.1 Å². The number of nitrogens with one attached hydrogen (secondary N) is 1. The first kappa shape index (κ1) is 22.3. The van der Waals surface area contributed by atoms with E-state index >= 15 is 0 Å². The van der Waals surface area contributed by atoms with Crippen LogP contribution in [0.1, 0.15) is 84.0 Å². The number of carbonyl (C=O) groups excluding carboxylic acids is 1. The highest BCUT2D eigenvalue weighted by atomic mass is 16.6. The van der Waals surface area contributed by atoms with E-state index in [0.29, 0.717) is 6.02 Å². The van der Waals surface area contributed by atoms with Crippen molar-refractivity contribution < 1.29 is 9.63 Å². The van der Waals surface area contributed by atoms with Gasteiger partial charge in [0, 0.05) is 17.9 Å². The molecular formula is C24H36N4O2. The highest BCUT2D eigenvalue weighted by Crippen LogP contribution is 2.26. The van der Waals surface area contributed by atoms with Crippen molar-refractivity contribution in [2.75, 3.05) is 5.32 Å². The summed E-state index contributed by atoms with van der Waals surface area (Å²) in [6.07, 6.45) is 14.7. The minimum Gasteiger partial charge on any atom is -0.317 e. The second kappa shape index (κ2) is 12.4. The van der Waals surface area contributed by atoms with Gasteiger partial charge < -0.3 is 10.2 Å². The molecule has 0 aromatic heterocycles. The number of para-hydroxylation sites is 1. The number of anilines is 1. The summed E-state index contributed by atoms with van der Waals surface area (Å²) in [6.45, 7) is 2.10. The maximum absolute atomic E-state index is 13.4. The van der Waals surface area contributed by atoms with Gasteiger partial charge in [0.05, 0.1) is 6.04 Å². The smallest absolute Gasteiger partial charge is 0.317 e. The Morgan fingerprint density at radius 1 is 1.07 bits per heavy atom. The topological polar surface area (TPSA) is 66.3 Å². The molecule has 0 spiro atoms. The number of carbonyl (C=O) groups is 1. The van der Waals surface area contributed by atoms with Crippen LogP contribution in [-0.2, 0) is 4.84 Å². The van der Waals surface area contributed by atoms with Crippen molar-refractivity contribution in [3.8, 4) is 0 Å². The van der Waals surface area contributed by atoms with Crippen LogP contribution >= 0.6 is 0 Å². The van der Waals surface area contributed by atoms with E-state index in [1.165, 1.54) is 25.7 Å². The molecule has 2 fully saturated rings. The van der Waals surface area contributed by atoms with Gasteiger partial charge in [0.15, 0.2) is 0 Å². The Bertz CT molecular complexity index is 692. The Morgan fingerprint density at radius 2 is 1.73 bits per heavy atom. The predicted molar refractivity (Wildman–Crippen MR) is 123 cm³/mol. The van der Waals surface area contributed by atoms with Crippen molar-refractivity contribution in [1.29, 1.82) is 0 Å². The summed E-state index contributed by atoms with van der Waals surface area (Å²) in [5, 5.41) is 7.19. The Morgan fingerprint density at radius 3 is 2.40 bits per heavy atom. The standard InChI is InChI=1S/C24H36N4O2/c1-2-3-19-25-30-24(27-21-15-9-5-10-16-21)28(22-17-11-6-12-18-22)23(29)26-20-13-7-4-8-14-20/h4,7-8,13-14,19,21-22H,2-3,5-6,9-12,15-18H2,1H3,(H,26,29). The second-order valence-corrected chi connectivity index (χ2v) is 8.33. The van der Waals surface area contributed by atoms with Crippen LogP contribution in [-0.4, -0.2) is 35.3 Å². The molecule has 164 valence electrons. The molecule has 3 rings (SSSR count). The fourth-order valence-corrected chi connectivity index (χ4v) is 4.22. The molecule has 0 aliphatic heterocycles. The molecule has 1 aromatic carbocycles. The third-order valence-electron chi connectivity index (χ3n) is 5.88. The second-order valence-electron chi connectivity index (χ2n) is 8.33. The molecule has 0 heterocycles. The first-order valence-electron chi connectivity index (χ1n) is 11.7. The Balaban J connectivity index is 1.85. The van der Waals surface area contributed by atoms with Gasteiger partial charge in [0.2, 0.25) is 0 Å². The Hall–Kier alpha value is -2.37. The van der Waals surface area contributed by atoms with Crippen LogP contribution in [0.4, 0.5) is 10.5 Å². The number of rotatable bonds is 6. The molecule has 0 bridgehead atoms. The van der Waals surface area contributed by atoms with Gasteiger partial charge in [0.1, 0.15) is 0 Å². The third kappa shape index (κ3) is 6.85. The van der Waals surface area contributed by atoms with Gasteiger partial charge in [-0.05, 0) is 44.2 Å². The summed E-state index contributed by atoms with van der Waals surface area (Å²) >= 11 is 0. The average molecular weight is 413 g/mol. The van der Waals surface area contributed by atoms with Crippen LogP contribution in [0.25, 0.3) is 0 Å². The SMILES string of the molecule is CCCC=NOC(=NC1CCCCC1)N(C(=O)Nc1ccccc1)C1CCCCC1. The number of nitrogens with zero attached hydrogens (tertiary/aromatic N) is 3. The van der Waals surface area contributed by atoms with Gasteiger partial charge in [-0.2, -0.15) is 0 Å². The van der Waals surface area contributed by atoms with Crippen molar-refractivity contribution >= 4 is 24.0 Å². The molecule has 0 radical (unpaired) electrons. The summed E-state index contributed by atoms with van der Waals surface area (Å²) in [7, 11) is 0. The average Bonchev–Trinajstić information content (AvgIpc) is 2.79. The van der Waals surface area contributed by atoms with Gasteiger partial charge in [-0.25, -0.2) is 14.7 Å². The van der Waals surface area contributed by atoms with E-state index < -0.39 is 0 Å². The van der Waals surface area contributed by atoms with Crippen LogP contribution in [0.3, 0.4) is 0 Å². The molecule has 1 N–H and O–H groups in total. The predicted octanol–water partition coefficient (Wildman–Crippen LogP) is 6.34. The summed E-state index contributed by atoms with van der Waals surface area (Å²) in [5.74, 6) is 0. The van der Waals surface area contributed by atoms with Crippen LogP contribution in [0.15, 0.2) is 40.5 Å². The summed E-state index contributed by atoms with van der Waals surface area (Å²) in [4.78, 5) is 25.8. The van der Waals surface area contributed by atoms with Crippen molar-refractivity contribution in [2.45, 2.75) is 96.1 Å². The quantitative estimate of drug-likeness (QED) is 0.336. The van der Waals surface area contributed by atoms with Crippen LogP contribution in [0.5, 0.6) is 0 Å². The number of hydrogen-bond donors (Lipinski definition) is 1. The maximum atomic E-state index is 13.4. The number of amides is 2. The van der Waals surface area contributed by atoms with Gasteiger partial charge in [-0.3, -0.25) is 0 Å². The normalized spacial score (nSPS) is 19.0. The maximum Gasteiger partial charge on any atom is 0.330 e. The van der Waals surface area contributed by atoms with E-state index in [9.17, 15) is 4.79 Å². The molecule has 2 aliphatic carbocycles. The molecule has 1 aromatic rings. The lowest BCUT2D eigenvalue weighted by atomic mass is 9.94. The summed E-state index contributed by atoms with van der Waals surface area (Å²) < 4.78 is 0. The Kier molecular flexibility index (Phi) is 9.19. The number of aliphatic imine (C=N–C) groups is 1. The van der Waals surface area contributed by atoms with E-state index in [-0.39, 0.29) is 18.1 Å². The zero-order valence-corrected chi connectivity index (χ0v) is 18.3. The zero-order valence-electron chi connectivity index (χ0n) is 18.3. The summed E-state index contributed by atoms with van der Waals surface area (Å²) in [5.41, 5.74) is 0.773. The lowest BCUT2D eigenvalue weighted by Crippen LogP contribution is -2.48. The minimum absolute atomic E-state index is 0.0891. The Labute approximate surface area is 180 Å². The highest BCUT2D eigenvalue weighted by Gasteiger charge is 2.32. The van der Waals surface area contributed by atoms with Gasteiger partial charge in [0.25, 0.3) is 0 Å². The van der Waals surface area contributed by atoms with Crippen molar-refractivity contribution in [2.24, 2.45) is 10.1 Å². The summed E-state index contributed by atoms with van der Waals surface area (Å²) in [6, 6.07) is 10.0. The number of oxime groups is 1. The third-order valence-corrected chi connectivity index (χ3v) is 5.88. The molecule has 2 aliphatic rings. The van der Waals surface area contributed by atoms with E-state index in [4.69, 9.17) is 9.83 Å². The highest BCUT2D eigenvalue weighted by molar-refractivity contribution is 6.01. The number of benzene rings is 1. The zero-order chi connectivity index (χ0) is 21.0. The minimum atomic E-state index is -0.187. The molecular weight excluding hydrogens is 376 g/mol. The molecule has 6 heteroatoms. The number of amidine groups is 1. The van der Waals surface area contributed by atoms with Crippen LogP contribution in [0.2, 0.25) is 0 Å². The van der Waals surface area contributed by atoms with Gasteiger partial charge >= 0.3 is 12.1 Å². The molecule has 30 heavy (non-hydrogen) atoms. The number of hydrogen-bond acceptors (Lipinski definition) is 4. The molecule has 0 atom stereocenters. The van der Waals surface area contributed by atoms with Crippen LogP contribution < -0.4 is 5.32 Å². The molecule has 0 unspecified atom stereocenters. The molecule has 0 saturated heterocycles. The molecule has 2 saturated carbocycles. The van der Waals surface area contributed by atoms with Gasteiger partial charge in [-0.15, -0.1) is 0 Å². The molecule has 6 nitrogen and oxygen atoms in total. The first-order chi connectivity index (χ1) is 14.8. The van der Waals surface area contributed by atoms with E-state index in [0.717, 1.165) is 57.1 Å². The molecule has 2 amide bonds. The van der Waals surface area contributed by atoms with Gasteiger partial charge in [-0.1, -0.05) is 75.2 Å². The lowest BCUT2D eigenvalue weighted by Gasteiger charge is -2.34. The van der Waals surface area contributed by atoms with E-state index in [2.05, 4.69) is 17.4 Å². The monoisotopic (exact) mass is 412 g/mol. The fourth-order valence-electron chi connectivity index (χ4n) is 4.22. The number of unbranched alkanes of at least 4 members (excludes halogenated alkanes) is 1. The lowest BCUT2D eigenvalue weighted by molar-refractivity contribution is 0.176. The van der Waals surface area contributed by atoms with E-state index in [1.807, 2.05) is 30.3 Å². The van der Waals surface area contributed by atoms with Crippen LogP contribution in [0, 0.1) is 0 Å². The fraction of sp³-hybridized carbons (Fsp3) is 0.625. The number of urea groups is 1. The van der Waals surface area contributed by atoms with Crippen molar-refractivity contribution in [3.05, 3.63) is 30.3 Å². The van der Waals surface area contributed by atoms with Crippen molar-refractivity contribution in [1.82, 2.24) is 4.90 Å². The first-order valence-corrected chi connectivity index (χ1v) is 11.7. The van der Waals surface area contributed by atoms with Crippen molar-refractivity contribution in [3.63, 3.8) is 0 Å². The largest absolute Gasteiger partial charge is 0.330 e.